The summed E-state index contributed by atoms with van der Waals surface area (Å²) in [7, 11) is 0. The Kier molecular flexibility index (Phi) is 2.12. The van der Waals surface area contributed by atoms with Crippen LogP contribution in [0.15, 0.2) is 12.3 Å². The van der Waals surface area contributed by atoms with Crippen molar-refractivity contribution in [3.63, 3.8) is 0 Å². The van der Waals surface area contributed by atoms with Crippen molar-refractivity contribution in [3.8, 4) is 0 Å². The lowest BCUT2D eigenvalue weighted by Crippen LogP contribution is -2.06. The van der Waals surface area contributed by atoms with Crippen molar-refractivity contribution in [2.45, 2.75) is 13.5 Å². The highest BCUT2D eigenvalue weighted by molar-refractivity contribution is 5.94. The summed E-state index contributed by atoms with van der Waals surface area (Å²) in [6.07, 6.45) is 1.29. The van der Waals surface area contributed by atoms with E-state index < -0.39 is 5.97 Å². The van der Waals surface area contributed by atoms with E-state index in [1.54, 1.807) is 6.07 Å². The minimum Gasteiger partial charge on any atom is -0.477 e. The normalized spacial score (nSPS) is 10.8. The summed E-state index contributed by atoms with van der Waals surface area (Å²) in [6, 6.07) is 1.78. The number of carboxylic acid groups (broad SMARTS) is 1. The fourth-order valence-corrected chi connectivity index (χ4v) is 1.43. The third-order valence-corrected chi connectivity index (χ3v) is 2.14. The maximum absolute atomic E-state index is 10.9. The highest BCUT2D eigenvalue weighted by Gasteiger charge is 2.14. The van der Waals surface area contributed by atoms with Crippen LogP contribution in [0.25, 0.3) is 5.65 Å². The van der Waals surface area contributed by atoms with Gasteiger partial charge >= 0.3 is 5.97 Å². The van der Waals surface area contributed by atoms with Crippen LogP contribution in [0.2, 0.25) is 0 Å². The minimum atomic E-state index is -1.04. The van der Waals surface area contributed by atoms with E-state index in [9.17, 15) is 4.79 Å². The molecule has 2 aromatic rings. The maximum Gasteiger partial charge on any atom is 0.341 e. The maximum atomic E-state index is 10.9. The summed E-state index contributed by atoms with van der Waals surface area (Å²) in [6.45, 7) is 2.11. The van der Waals surface area contributed by atoms with Gasteiger partial charge in [0, 0.05) is 12.2 Å². The van der Waals surface area contributed by atoms with Crippen molar-refractivity contribution in [1.29, 1.82) is 0 Å². The molecule has 78 valence electrons. The molecule has 0 aromatic carbocycles. The molecule has 0 unspecified atom stereocenters. The Labute approximate surface area is 85.3 Å². The van der Waals surface area contributed by atoms with E-state index in [0.29, 0.717) is 11.3 Å². The predicted octanol–water partition coefficient (Wildman–Crippen LogP) is 0.195. The van der Waals surface area contributed by atoms with E-state index in [2.05, 4.69) is 10.1 Å². The van der Waals surface area contributed by atoms with Gasteiger partial charge < -0.3 is 10.8 Å². The van der Waals surface area contributed by atoms with Gasteiger partial charge in [-0.25, -0.2) is 14.3 Å². The van der Waals surface area contributed by atoms with Gasteiger partial charge in [0.2, 0.25) is 0 Å². The van der Waals surface area contributed by atoms with Crippen LogP contribution in [0.3, 0.4) is 0 Å². The number of fused-ring (bicyclic) bond motifs is 1. The molecule has 2 aromatic heterocycles. The Morgan fingerprint density at radius 1 is 1.67 bits per heavy atom. The van der Waals surface area contributed by atoms with Crippen LogP contribution in [-0.2, 0) is 6.54 Å². The first-order valence-electron chi connectivity index (χ1n) is 4.41. The van der Waals surface area contributed by atoms with E-state index >= 15 is 0 Å². The fraction of sp³-hybridized carbons (Fsp3) is 0.222. The average Bonchev–Trinajstić information content (AvgIpc) is 2.61. The van der Waals surface area contributed by atoms with E-state index in [0.717, 1.165) is 5.69 Å². The number of aromatic nitrogens is 3. The summed E-state index contributed by atoms with van der Waals surface area (Å²) >= 11 is 0. The van der Waals surface area contributed by atoms with Crippen LogP contribution >= 0.6 is 0 Å². The molecule has 0 amide bonds. The first kappa shape index (κ1) is 9.60. The molecule has 0 saturated carbocycles. The number of aryl methyl sites for hydroxylation is 1. The highest BCUT2D eigenvalue weighted by atomic mass is 16.4. The van der Waals surface area contributed by atoms with Gasteiger partial charge in [-0.15, -0.1) is 0 Å². The van der Waals surface area contributed by atoms with Crippen LogP contribution in [0, 0.1) is 6.92 Å². The third-order valence-electron chi connectivity index (χ3n) is 2.14. The Morgan fingerprint density at radius 3 is 3.00 bits per heavy atom. The molecule has 15 heavy (non-hydrogen) atoms. The number of hydrogen-bond acceptors (Lipinski definition) is 4. The molecule has 2 heterocycles. The molecule has 0 fully saturated rings. The Hall–Kier alpha value is -1.95. The zero-order chi connectivity index (χ0) is 11.0. The number of aromatic carboxylic acids is 1. The summed E-state index contributed by atoms with van der Waals surface area (Å²) in [5, 5.41) is 12.8. The molecule has 0 atom stereocenters. The van der Waals surface area contributed by atoms with Gasteiger partial charge in [-0.05, 0) is 13.0 Å². The molecule has 6 nitrogen and oxygen atoms in total. The Morgan fingerprint density at radius 2 is 2.40 bits per heavy atom. The molecule has 0 radical (unpaired) electrons. The van der Waals surface area contributed by atoms with Crippen LogP contribution in [-0.4, -0.2) is 25.7 Å². The van der Waals surface area contributed by atoms with Gasteiger partial charge in [-0.1, -0.05) is 0 Å². The zero-order valence-corrected chi connectivity index (χ0v) is 8.14. The largest absolute Gasteiger partial charge is 0.477 e. The molecule has 6 heteroatoms. The van der Waals surface area contributed by atoms with Crippen molar-refractivity contribution in [2.24, 2.45) is 5.73 Å². The van der Waals surface area contributed by atoms with Gasteiger partial charge in [0.15, 0.2) is 5.65 Å². The van der Waals surface area contributed by atoms with Gasteiger partial charge in [-0.2, -0.15) is 5.10 Å². The fourth-order valence-electron chi connectivity index (χ4n) is 1.43. The lowest BCUT2D eigenvalue weighted by molar-refractivity contribution is 0.0699. The lowest BCUT2D eigenvalue weighted by atomic mass is 10.3. The Bertz CT molecular complexity index is 532. The van der Waals surface area contributed by atoms with Crippen LogP contribution in [0.5, 0.6) is 0 Å². The molecule has 0 aliphatic rings. The zero-order valence-electron chi connectivity index (χ0n) is 8.14. The molecule has 3 N–H and O–H groups in total. The van der Waals surface area contributed by atoms with E-state index in [-0.39, 0.29) is 12.1 Å². The smallest absolute Gasteiger partial charge is 0.341 e. The molecule has 0 aliphatic heterocycles. The first-order valence-corrected chi connectivity index (χ1v) is 4.41. The summed E-state index contributed by atoms with van der Waals surface area (Å²) in [5.74, 6) is -1.04. The molecule has 0 saturated heterocycles. The van der Waals surface area contributed by atoms with Crippen LogP contribution in [0.1, 0.15) is 21.7 Å². The molecule has 0 aliphatic carbocycles. The topological polar surface area (TPSA) is 93.5 Å². The first-order chi connectivity index (χ1) is 7.13. The highest BCUT2D eigenvalue weighted by Crippen LogP contribution is 2.11. The van der Waals surface area contributed by atoms with Gasteiger partial charge in [-0.3, -0.25) is 0 Å². The monoisotopic (exact) mass is 206 g/mol. The molecule has 0 spiro atoms. The second kappa shape index (κ2) is 3.32. The quantitative estimate of drug-likeness (QED) is 0.731. The molecular formula is C9H10N4O2. The van der Waals surface area contributed by atoms with E-state index in [4.69, 9.17) is 10.8 Å². The van der Waals surface area contributed by atoms with E-state index in [1.807, 2.05) is 6.92 Å². The number of carbonyl (C=O) groups is 1. The number of carboxylic acids is 1. The standard InChI is InChI=1S/C9H10N4O2/c1-5-2-6(3-10)12-8-7(9(14)15)4-11-13(5)8/h2,4H,3,10H2,1H3,(H,14,15). The van der Waals surface area contributed by atoms with Gasteiger partial charge in [0.25, 0.3) is 0 Å². The predicted molar refractivity (Wildman–Crippen MR) is 52.6 cm³/mol. The molecular weight excluding hydrogens is 196 g/mol. The number of nitrogens with zero attached hydrogens (tertiary/aromatic N) is 3. The van der Waals surface area contributed by atoms with Crippen molar-refractivity contribution in [3.05, 3.63) is 29.2 Å². The summed E-state index contributed by atoms with van der Waals surface area (Å²) in [5.41, 5.74) is 7.36. The second-order valence-corrected chi connectivity index (χ2v) is 3.19. The molecule has 2 rings (SSSR count). The SMILES string of the molecule is Cc1cc(CN)nc2c(C(=O)O)cnn12. The average molecular weight is 206 g/mol. The van der Waals surface area contributed by atoms with Crippen molar-refractivity contribution in [2.75, 3.05) is 0 Å². The third kappa shape index (κ3) is 1.44. The van der Waals surface area contributed by atoms with E-state index in [1.165, 1.54) is 10.7 Å². The van der Waals surface area contributed by atoms with Crippen LogP contribution in [0.4, 0.5) is 0 Å². The van der Waals surface area contributed by atoms with Gasteiger partial charge in [0.05, 0.1) is 11.9 Å². The van der Waals surface area contributed by atoms with Gasteiger partial charge in [0.1, 0.15) is 5.56 Å². The second-order valence-electron chi connectivity index (χ2n) is 3.19. The van der Waals surface area contributed by atoms with Crippen molar-refractivity contribution >= 4 is 11.6 Å². The lowest BCUT2D eigenvalue weighted by Gasteiger charge is -2.02. The van der Waals surface area contributed by atoms with Crippen LogP contribution < -0.4 is 5.73 Å². The van der Waals surface area contributed by atoms with Crippen molar-refractivity contribution in [1.82, 2.24) is 14.6 Å². The summed E-state index contributed by atoms with van der Waals surface area (Å²) < 4.78 is 1.49. The molecule has 0 bridgehead atoms. The number of rotatable bonds is 2. The summed E-state index contributed by atoms with van der Waals surface area (Å²) in [4.78, 5) is 15.0. The Balaban J connectivity index is 2.78. The minimum absolute atomic E-state index is 0.0911. The number of nitrogens with two attached hydrogens (primary N) is 1. The van der Waals surface area contributed by atoms with Crippen molar-refractivity contribution < 1.29 is 9.90 Å². The number of hydrogen-bond donors (Lipinski definition) is 2.